The fraction of sp³-hybridized carbons (Fsp3) is 0.333. The van der Waals surface area contributed by atoms with Crippen LogP contribution in [0.4, 0.5) is 5.69 Å². The topological polar surface area (TPSA) is 65.1 Å². The molecule has 0 atom stereocenters. The van der Waals surface area contributed by atoms with Crippen LogP contribution in [0.5, 0.6) is 5.75 Å². The van der Waals surface area contributed by atoms with Crippen molar-refractivity contribution in [1.82, 2.24) is 0 Å². The maximum Gasteiger partial charge on any atom is 0.336 e. The van der Waals surface area contributed by atoms with Crippen LogP contribution in [0.1, 0.15) is 43.4 Å². The minimum atomic E-state index is -0.688. The Balaban J connectivity index is 2.25. The van der Waals surface area contributed by atoms with Crippen LogP contribution in [0.2, 0.25) is 0 Å². The fourth-order valence-electron chi connectivity index (χ4n) is 3.90. The van der Waals surface area contributed by atoms with Crippen molar-refractivity contribution in [2.24, 2.45) is 0 Å². The highest BCUT2D eigenvalue weighted by Crippen LogP contribution is 2.42. The first kappa shape index (κ1) is 24.1. The second-order valence-electron chi connectivity index (χ2n) is 7.71. The van der Waals surface area contributed by atoms with Gasteiger partial charge < -0.3 is 19.1 Å². The molecule has 0 unspecified atom stereocenters. The summed E-state index contributed by atoms with van der Waals surface area (Å²) in [6.45, 7) is 10.3. The SMILES string of the molecule is CCOC(=O)C1=CN(c2cc(C)ccc2C)C=C(C(=O)OCC)C1c1ccccc1OCC. The van der Waals surface area contributed by atoms with E-state index in [1.54, 1.807) is 31.1 Å². The second-order valence-corrected chi connectivity index (χ2v) is 7.71. The van der Waals surface area contributed by atoms with Crippen molar-refractivity contribution in [2.45, 2.75) is 40.5 Å². The number of hydrogen-bond acceptors (Lipinski definition) is 6. The molecule has 0 bridgehead atoms. The largest absolute Gasteiger partial charge is 0.494 e. The zero-order chi connectivity index (χ0) is 24.0. The number of hydrogen-bond donors (Lipinski definition) is 0. The Morgan fingerprint density at radius 3 is 2.03 bits per heavy atom. The van der Waals surface area contributed by atoms with Crippen molar-refractivity contribution in [1.29, 1.82) is 0 Å². The summed E-state index contributed by atoms with van der Waals surface area (Å²) in [5.41, 5.74) is 4.34. The van der Waals surface area contributed by atoms with E-state index < -0.39 is 17.9 Å². The maximum atomic E-state index is 13.2. The van der Waals surface area contributed by atoms with Gasteiger partial charge in [-0.3, -0.25) is 0 Å². The van der Waals surface area contributed by atoms with E-state index in [1.807, 2.05) is 63.2 Å². The molecule has 6 nitrogen and oxygen atoms in total. The molecule has 2 aromatic carbocycles. The van der Waals surface area contributed by atoms with E-state index >= 15 is 0 Å². The second kappa shape index (κ2) is 10.9. The molecule has 1 aliphatic heterocycles. The van der Waals surface area contributed by atoms with E-state index in [0.717, 1.165) is 16.8 Å². The monoisotopic (exact) mass is 449 g/mol. The average Bonchev–Trinajstić information content (AvgIpc) is 2.81. The third-order valence-corrected chi connectivity index (χ3v) is 5.37. The number of esters is 2. The summed E-state index contributed by atoms with van der Waals surface area (Å²) in [5.74, 6) is -1.05. The molecule has 0 radical (unpaired) electrons. The highest BCUT2D eigenvalue weighted by atomic mass is 16.5. The normalized spacial score (nSPS) is 13.8. The van der Waals surface area contributed by atoms with Crippen molar-refractivity contribution in [3.05, 3.63) is 82.7 Å². The number of nitrogens with zero attached hydrogens (tertiary/aromatic N) is 1. The van der Waals surface area contributed by atoms with Crippen LogP contribution in [-0.2, 0) is 19.1 Å². The van der Waals surface area contributed by atoms with Crippen molar-refractivity contribution in [3.63, 3.8) is 0 Å². The van der Waals surface area contributed by atoms with Gasteiger partial charge in [-0.1, -0.05) is 30.3 Å². The van der Waals surface area contributed by atoms with Crippen molar-refractivity contribution in [3.8, 4) is 5.75 Å². The maximum absolute atomic E-state index is 13.2. The molecule has 33 heavy (non-hydrogen) atoms. The lowest BCUT2D eigenvalue weighted by Crippen LogP contribution is -2.30. The first-order chi connectivity index (χ1) is 15.9. The third kappa shape index (κ3) is 5.28. The van der Waals surface area contributed by atoms with Crippen LogP contribution in [0, 0.1) is 13.8 Å². The number of carbonyl (C=O) groups excluding carboxylic acids is 2. The Morgan fingerprint density at radius 2 is 1.45 bits per heavy atom. The number of carbonyl (C=O) groups is 2. The lowest BCUT2D eigenvalue weighted by molar-refractivity contribution is -0.139. The van der Waals surface area contributed by atoms with Crippen LogP contribution in [0.3, 0.4) is 0 Å². The minimum absolute atomic E-state index is 0.220. The van der Waals surface area contributed by atoms with E-state index in [1.165, 1.54) is 0 Å². The number of para-hydroxylation sites is 1. The fourth-order valence-corrected chi connectivity index (χ4v) is 3.90. The van der Waals surface area contributed by atoms with Crippen LogP contribution in [-0.4, -0.2) is 31.8 Å². The number of ether oxygens (including phenoxy) is 3. The highest BCUT2D eigenvalue weighted by Gasteiger charge is 2.37. The smallest absolute Gasteiger partial charge is 0.336 e. The van der Waals surface area contributed by atoms with Crippen molar-refractivity contribution in [2.75, 3.05) is 24.7 Å². The molecule has 0 amide bonds. The van der Waals surface area contributed by atoms with Gasteiger partial charge in [-0.05, 0) is 57.9 Å². The van der Waals surface area contributed by atoms with E-state index in [-0.39, 0.29) is 13.2 Å². The van der Waals surface area contributed by atoms with Gasteiger partial charge in [-0.15, -0.1) is 0 Å². The van der Waals surface area contributed by atoms with Crippen molar-refractivity contribution >= 4 is 17.6 Å². The quantitative estimate of drug-likeness (QED) is 0.516. The van der Waals surface area contributed by atoms with Gasteiger partial charge in [-0.2, -0.15) is 0 Å². The van der Waals surface area contributed by atoms with Crippen LogP contribution < -0.4 is 9.64 Å². The predicted molar refractivity (Wildman–Crippen MR) is 128 cm³/mol. The molecule has 0 N–H and O–H groups in total. The van der Waals surface area contributed by atoms with Gasteiger partial charge in [0.1, 0.15) is 5.75 Å². The van der Waals surface area contributed by atoms with Gasteiger partial charge in [0.15, 0.2) is 0 Å². The number of anilines is 1. The summed E-state index contributed by atoms with van der Waals surface area (Å²) >= 11 is 0. The summed E-state index contributed by atoms with van der Waals surface area (Å²) in [4.78, 5) is 28.1. The van der Waals surface area contributed by atoms with Gasteiger partial charge in [0.05, 0.1) is 36.9 Å². The van der Waals surface area contributed by atoms with E-state index in [2.05, 4.69) is 0 Å². The Hall–Kier alpha value is -3.54. The summed E-state index contributed by atoms with van der Waals surface area (Å²) in [6.07, 6.45) is 3.49. The minimum Gasteiger partial charge on any atom is -0.494 e. The summed E-state index contributed by atoms with van der Waals surface area (Å²) < 4.78 is 16.7. The molecule has 1 heterocycles. The molecule has 0 saturated carbocycles. The summed E-state index contributed by atoms with van der Waals surface area (Å²) in [7, 11) is 0. The Morgan fingerprint density at radius 1 is 0.848 bits per heavy atom. The van der Waals surface area contributed by atoms with E-state index in [0.29, 0.717) is 29.1 Å². The van der Waals surface area contributed by atoms with Crippen molar-refractivity contribution < 1.29 is 23.8 Å². The molecule has 0 saturated heterocycles. The number of aryl methyl sites for hydroxylation is 2. The molecule has 1 aliphatic rings. The Labute approximate surface area is 195 Å². The standard InChI is InChI=1S/C27H31NO5/c1-6-31-24-12-10-9-11-20(24)25-21(26(29)32-7-2)16-28(17-22(25)27(30)33-8-3)23-15-18(4)13-14-19(23)5/h9-17,25H,6-8H2,1-5H3. The molecule has 0 spiro atoms. The van der Waals surface area contributed by atoms with Gasteiger partial charge >= 0.3 is 11.9 Å². The molecule has 0 aliphatic carbocycles. The van der Waals surface area contributed by atoms with Crippen LogP contribution in [0.15, 0.2) is 66.0 Å². The third-order valence-electron chi connectivity index (χ3n) is 5.37. The van der Waals surface area contributed by atoms with Gasteiger partial charge in [0, 0.05) is 23.7 Å². The van der Waals surface area contributed by atoms with E-state index in [4.69, 9.17) is 14.2 Å². The number of rotatable bonds is 8. The zero-order valence-corrected chi connectivity index (χ0v) is 19.9. The molecular weight excluding hydrogens is 418 g/mol. The molecule has 0 aromatic heterocycles. The van der Waals surface area contributed by atoms with Gasteiger partial charge in [-0.25, -0.2) is 9.59 Å². The predicted octanol–water partition coefficient (Wildman–Crippen LogP) is 5.20. The molecule has 3 rings (SSSR count). The number of benzene rings is 2. The molecule has 174 valence electrons. The Kier molecular flexibility index (Phi) is 7.93. The molecule has 0 fully saturated rings. The lowest BCUT2D eigenvalue weighted by atomic mass is 9.82. The van der Waals surface area contributed by atoms with Gasteiger partial charge in [0.2, 0.25) is 0 Å². The van der Waals surface area contributed by atoms with Crippen LogP contribution >= 0.6 is 0 Å². The zero-order valence-electron chi connectivity index (χ0n) is 19.9. The first-order valence-corrected chi connectivity index (χ1v) is 11.3. The average molecular weight is 450 g/mol. The van der Waals surface area contributed by atoms with Gasteiger partial charge in [0.25, 0.3) is 0 Å². The molecular formula is C27H31NO5. The summed E-state index contributed by atoms with van der Waals surface area (Å²) in [5, 5.41) is 0. The first-order valence-electron chi connectivity index (χ1n) is 11.3. The molecule has 6 heteroatoms. The van der Waals surface area contributed by atoms with E-state index in [9.17, 15) is 9.59 Å². The lowest BCUT2D eigenvalue weighted by Gasteiger charge is -2.32. The van der Waals surface area contributed by atoms with Crippen LogP contribution in [0.25, 0.3) is 0 Å². The molecule has 2 aromatic rings. The summed E-state index contributed by atoms with van der Waals surface area (Å²) in [6, 6.07) is 13.5. The Bertz CT molecular complexity index is 1050. The highest BCUT2D eigenvalue weighted by molar-refractivity contribution is 6.00.